The smallest absolute Gasteiger partial charge is 0.332 e. The van der Waals surface area contributed by atoms with Crippen LogP contribution >= 0.6 is 0 Å². The van der Waals surface area contributed by atoms with Gasteiger partial charge in [-0.25, -0.2) is 4.79 Å². The van der Waals surface area contributed by atoms with Crippen molar-refractivity contribution in [1.82, 2.24) is 5.32 Å². The van der Waals surface area contributed by atoms with Gasteiger partial charge in [-0.2, -0.15) is 0 Å². The largest absolute Gasteiger partial charge is 0.438 e. The Hall–Kier alpha value is -0.870. The van der Waals surface area contributed by atoms with Gasteiger partial charge in [0.2, 0.25) is 0 Å². The molecule has 1 saturated heterocycles. The molecule has 1 heterocycles. The van der Waals surface area contributed by atoms with Crippen LogP contribution in [-0.4, -0.2) is 30.4 Å². The van der Waals surface area contributed by atoms with E-state index in [1.54, 1.807) is 0 Å². The van der Waals surface area contributed by atoms with Gasteiger partial charge >= 0.3 is 5.97 Å². The second kappa shape index (κ2) is 4.33. The van der Waals surface area contributed by atoms with Crippen LogP contribution in [0, 0.1) is 0 Å². The monoisotopic (exact) mass is 213 g/mol. The van der Waals surface area contributed by atoms with Crippen LogP contribution in [0.3, 0.4) is 0 Å². The van der Waals surface area contributed by atoms with E-state index in [1.807, 2.05) is 20.8 Å². The fourth-order valence-corrected chi connectivity index (χ4v) is 1.72. The number of morpholine rings is 1. The molecule has 2 unspecified atom stereocenters. The van der Waals surface area contributed by atoms with Crippen molar-refractivity contribution in [3.05, 3.63) is 12.7 Å². The summed E-state index contributed by atoms with van der Waals surface area (Å²) in [7, 11) is 0. The molecule has 86 valence electrons. The highest BCUT2D eigenvalue weighted by atomic mass is 16.6. The van der Waals surface area contributed by atoms with E-state index in [-0.39, 0.29) is 0 Å². The highest BCUT2D eigenvalue weighted by molar-refractivity contribution is 5.81. The number of esters is 1. The van der Waals surface area contributed by atoms with Crippen molar-refractivity contribution in [2.24, 2.45) is 0 Å². The summed E-state index contributed by atoms with van der Waals surface area (Å²) < 4.78 is 11.0. The summed E-state index contributed by atoms with van der Waals surface area (Å²) in [4.78, 5) is 11.3. The zero-order valence-corrected chi connectivity index (χ0v) is 9.63. The third kappa shape index (κ3) is 2.21. The molecule has 0 aliphatic carbocycles. The van der Waals surface area contributed by atoms with Crippen molar-refractivity contribution in [2.45, 2.75) is 38.5 Å². The van der Waals surface area contributed by atoms with E-state index in [0.29, 0.717) is 13.2 Å². The zero-order valence-electron chi connectivity index (χ0n) is 9.63. The molecule has 0 saturated carbocycles. The minimum atomic E-state index is -0.786. The molecule has 1 N–H and O–H groups in total. The molecular formula is C11H19NO3. The number of rotatable bonds is 3. The fraction of sp³-hybridized carbons (Fsp3) is 0.727. The molecule has 0 radical (unpaired) electrons. The number of ether oxygens (including phenoxy) is 2. The zero-order chi connectivity index (χ0) is 11.5. The maximum atomic E-state index is 11.3. The molecule has 4 nitrogen and oxygen atoms in total. The van der Waals surface area contributed by atoms with Crippen LogP contribution in [0.4, 0.5) is 0 Å². The molecule has 0 amide bonds. The molecule has 1 rings (SSSR count). The first kappa shape index (κ1) is 12.2. The van der Waals surface area contributed by atoms with Gasteiger partial charge in [-0.05, 0) is 20.3 Å². The number of hydrogen-bond donors (Lipinski definition) is 1. The van der Waals surface area contributed by atoms with E-state index < -0.39 is 17.3 Å². The number of carbonyl (C=O) groups is 1. The van der Waals surface area contributed by atoms with Crippen molar-refractivity contribution < 1.29 is 14.3 Å². The molecular weight excluding hydrogens is 194 g/mol. The predicted molar refractivity (Wildman–Crippen MR) is 57.3 cm³/mol. The Balaban J connectivity index is 2.85. The first-order valence-electron chi connectivity index (χ1n) is 5.22. The molecule has 15 heavy (non-hydrogen) atoms. The number of hydrogen-bond acceptors (Lipinski definition) is 4. The maximum absolute atomic E-state index is 11.3. The highest BCUT2D eigenvalue weighted by Crippen LogP contribution is 2.33. The van der Waals surface area contributed by atoms with Crippen LogP contribution in [0.2, 0.25) is 0 Å². The second-order valence-corrected chi connectivity index (χ2v) is 4.02. The lowest BCUT2D eigenvalue weighted by Crippen LogP contribution is -2.67. The van der Waals surface area contributed by atoms with Gasteiger partial charge in [0.15, 0.2) is 5.72 Å². The van der Waals surface area contributed by atoms with Crippen molar-refractivity contribution in [2.75, 3.05) is 13.2 Å². The summed E-state index contributed by atoms with van der Waals surface area (Å²) >= 11 is 0. The van der Waals surface area contributed by atoms with Gasteiger partial charge in [-0.3, -0.25) is 5.32 Å². The van der Waals surface area contributed by atoms with Crippen molar-refractivity contribution >= 4 is 5.97 Å². The van der Waals surface area contributed by atoms with E-state index >= 15 is 0 Å². The van der Waals surface area contributed by atoms with E-state index in [0.717, 1.165) is 12.5 Å². The van der Waals surface area contributed by atoms with E-state index in [1.165, 1.54) is 0 Å². The van der Waals surface area contributed by atoms with Gasteiger partial charge in [-0.15, -0.1) is 0 Å². The van der Waals surface area contributed by atoms with Gasteiger partial charge in [0.1, 0.15) is 5.60 Å². The van der Waals surface area contributed by atoms with Crippen molar-refractivity contribution in [1.29, 1.82) is 0 Å². The van der Waals surface area contributed by atoms with Gasteiger partial charge in [-0.1, -0.05) is 13.5 Å². The van der Waals surface area contributed by atoms with Crippen LogP contribution in [-0.2, 0) is 14.3 Å². The van der Waals surface area contributed by atoms with Gasteiger partial charge in [0.05, 0.1) is 6.61 Å². The Bertz CT molecular complexity index is 267. The van der Waals surface area contributed by atoms with Crippen LogP contribution in [0.15, 0.2) is 12.7 Å². The number of carbonyl (C=O) groups excluding carboxylic acids is 1. The van der Waals surface area contributed by atoms with Gasteiger partial charge in [0, 0.05) is 12.6 Å². The van der Waals surface area contributed by atoms with E-state index in [9.17, 15) is 4.79 Å². The van der Waals surface area contributed by atoms with Crippen LogP contribution in [0.25, 0.3) is 0 Å². The minimum absolute atomic E-state index is 0.435. The fourth-order valence-electron chi connectivity index (χ4n) is 1.72. The molecule has 0 aromatic carbocycles. The lowest BCUT2D eigenvalue weighted by atomic mass is 9.89. The third-order valence-electron chi connectivity index (χ3n) is 3.14. The van der Waals surface area contributed by atoms with Crippen LogP contribution in [0.5, 0.6) is 0 Å². The lowest BCUT2D eigenvalue weighted by molar-refractivity contribution is -0.227. The highest BCUT2D eigenvalue weighted by Gasteiger charge is 2.49. The van der Waals surface area contributed by atoms with Crippen molar-refractivity contribution in [3.63, 3.8) is 0 Å². The van der Waals surface area contributed by atoms with Crippen LogP contribution in [0.1, 0.15) is 27.2 Å². The van der Waals surface area contributed by atoms with E-state index in [4.69, 9.17) is 9.47 Å². The Morgan fingerprint density at radius 2 is 2.33 bits per heavy atom. The Morgan fingerprint density at radius 1 is 1.67 bits per heavy atom. The Labute approximate surface area is 90.6 Å². The molecule has 1 aliphatic heterocycles. The molecule has 0 aromatic heterocycles. The lowest BCUT2D eigenvalue weighted by Gasteiger charge is -2.48. The first-order valence-corrected chi connectivity index (χ1v) is 5.22. The average Bonchev–Trinajstić information content (AvgIpc) is 2.22. The molecule has 0 bridgehead atoms. The van der Waals surface area contributed by atoms with Crippen molar-refractivity contribution in [3.8, 4) is 0 Å². The SMILES string of the molecule is C=CC(=O)OC1(C)NCCOC1(C)CC. The molecule has 1 fully saturated rings. The third-order valence-corrected chi connectivity index (χ3v) is 3.14. The van der Waals surface area contributed by atoms with Gasteiger partial charge < -0.3 is 9.47 Å². The molecule has 4 heteroatoms. The van der Waals surface area contributed by atoms with Gasteiger partial charge in [0.25, 0.3) is 0 Å². The summed E-state index contributed by atoms with van der Waals surface area (Å²) in [6, 6.07) is 0. The van der Waals surface area contributed by atoms with E-state index in [2.05, 4.69) is 11.9 Å². The molecule has 0 spiro atoms. The first-order chi connectivity index (χ1) is 6.97. The number of nitrogens with one attached hydrogen (secondary N) is 1. The summed E-state index contributed by atoms with van der Waals surface area (Å²) in [5.74, 6) is -0.435. The maximum Gasteiger partial charge on any atom is 0.332 e. The van der Waals surface area contributed by atoms with Crippen LogP contribution < -0.4 is 5.32 Å². The summed E-state index contributed by atoms with van der Waals surface area (Å²) in [6.45, 7) is 10.5. The minimum Gasteiger partial charge on any atom is -0.438 e. The standard InChI is InChI=1S/C11H19NO3/c1-5-9(13)15-11(4)10(3,6-2)14-8-7-12-11/h5,12H,1,6-8H2,2-4H3. The normalized spacial score (nSPS) is 35.9. The Morgan fingerprint density at radius 3 is 2.87 bits per heavy atom. The average molecular weight is 213 g/mol. The summed E-state index contributed by atoms with van der Waals surface area (Å²) in [5.41, 5.74) is -1.28. The quantitative estimate of drug-likeness (QED) is 0.565. The molecule has 0 aromatic rings. The molecule has 2 atom stereocenters. The molecule has 1 aliphatic rings. The summed E-state index contributed by atoms with van der Waals surface area (Å²) in [6.07, 6.45) is 1.93. The topological polar surface area (TPSA) is 47.6 Å². The summed E-state index contributed by atoms with van der Waals surface area (Å²) in [5, 5.41) is 3.19. The second-order valence-electron chi connectivity index (χ2n) is 4.02. The Kier molecular flexibility index (Phi) is 3.52. The predicted octanol–water partition coefficient (Wildman–Crippen LogP) is 1.22.